The van der Waals surface area contributed by atoms with Gasteiger partial charge in [-0.15, -0.1) is 5.92 Å². The van der Waals surface area contributed by atoms with E-state index >= 15 is 0 Å². The lowest BCUT2D eigenvalue weighted by Gasteiger charge is -2.36. The van der Waals surface area contributed by atoms with Crippen LogP contribution in [0.5, 0.6) is 28.7 Å². The molecule has 4 unspecified atom stereocenters. The number of hydrogen-bond donors (Lipinski definition) is 0. The Morgan fingerprint density at radius 1 is 0.455 bits per heavy atom. The summed E-state index contributed by atoms with van der Waals surface area (Å²) in [6, 6.07) is 49.8. The second-order valence-electron chi connectivity index (χ2n) is 28.3. The van der Waals surface area contributed by atoms with Crippen molar-refractivity contribution in [2.45, 2.75) is 174 Å². The average Bonchev–Trinajstić information content (AvgIpc) is 1.58. The monoisotopic (exact) mass is 1620 g/mol. The minimum absolute atomic E-state index is 0.0731. The highest BCUT2D eigenvalue weighted by Crippen LogP contribution is 2.59. The second-order valence-corrected chi connectivity index (χ2v) is 29.5. The number of carbonyl (C=O) groups excluding carboxylic acids is 7. The molecule has 3 aliphatic rings. The van der Waals surface area contributed by atoms with Gasteiger partial charge in [-0.3, -0.25) is 9.59 Å². The van der Waals surface area contributed by atoms with Crippen LogP contribution in [0, 0.1) is 62.8 Å². The summed E-state index contributed by atoms with van der Waals surface area (Å²) in [6.07, 6.45) is 21.7. The van der Waals surface area contributed by atoms with Crippen LogP contribution in [0.2, 0.25) is 0 Å². The van der Waals surface area contributed by atoms with Crippen LogP contribution in [0.15, 0.2) is 189 Å². The van der Waals surface area contributed by atoms with Gasteiger partial charge < -0.3 is 42.6 Å². The molecule has 4 atom stereocenters. The predicted octanol–water partition coefficient (Wildman–Crippen LogP) is 19.9. The fourth-order valence-corrected chi connectivity index (χ4v) is 14.4. The first-order valence-corrected chi connectivity index (χ1v) is 40.4. The van der Waals surface area contributed by atoms with Crippen molar-refractivity contribution in [3.05, 3.63) is 243 Å². The third kappa shape index (κ3) is 27.4. The molecule has 112 heavy (non-hydrogen) atoms. The third-order valence-electron chi connectivity index (χ3n) is 20.1. The Bertz CT molecular complexity index is 4460. The van der Waals surface area contributed by atoms with Gasteiger partial charge in [-0.05, 0) is 307 Å². The van der Waals surface area contributed by atoms with Gasteiger partial charge in [-0.25, -0.2) is 24.0 Å². The molecule has 17 heteroatoms. The van der Waals surface area contributed by atoms with E-state index in [4.69, 9.17) is 42.6 Å². The molecule has 10 rings (SSSR count). The Morgan fingerprint density at radius 3 is 1.40 bits per heavy atom. The molecule has 16 nitrogen and oxygen atoms in total. The molecule has 584 valence electrons. The molecule has 0 aliphatic heterocycles. The Hall–Kier alpha value is -10.7. The first-order chi connectivity index (χ1) is 54.5. The highest BCUT2D eigenvalue weighted by atomic mass is 127. The number of carbonyl (C=O) groups is 7. The van der Waals surface area contributed by atoms with E-state index in [0.29, 0.717) is 120 Å². The topological polar surface area (TPSA) is 203 Å². The van der Waals surface area contributed by atoms with E-state index in [2.05, 4.69) is 86.8 Å². The van der Waals surface area contributed by atoms with Crippen molar-refractivity contribution in [1.29, 1.82) is 0 Å². The highest BCUT2D eigenvalue weighted by molar-refractivity contribution is 14.1. The van der Waals surface area contributed by atoms with Gasteiger partial charge in [0.25, 0.3) is 0 Å². The molecule has 0 spiro atoms. The standard InChI is InChI=1S/C60H62O8.C35H39IO8/c1-4-7-13-44-24-26-48(27-25-44)55-41-53-40-52(55)42-60(53,37-36-47-22-20-46(21-23-47)19-18-45-16-14-43(12-5-2)15-17-45)68-59(64)51-32-34-54(35-33-51)67-58(63)50-30-28-49(29-31-50)57(62)66-39-11-9-8-10-38-65-56(61)6-3;1-3-5-6-9-22-40-28-16-12-26(13-17-28)34(38)43-30-20-21-32(31(36)25-30)44-35(39)27-14-18-29(19-15-27)41-23-10-7-8-11-24-42-33(37)4-2/h6,14-17,20-27,32-35,49-50,52-53,55H,3-4,7-11,13,28-31,38-42H2,1-2H3;4,12-21,25H,2-3,5-11,22-24H2,1H3. The van der Waals surface area contributed by atoms with Crippen LogP contribution < -0.4 is 23.7 Å². The van der Waals surface area contributed by atoms with Crippen molar-refractivity contribution in [3.8, 4) is 64.3 Å². The normalized spacial score (nSPS) is 16.9. The van der Waals surface area contributed by atoms with E-state index in [-0.39, 0.29) is 29.7 Å². The summed E-state index contributed by atoms with van der Waals surface area (Å²) in [6.45, 7) is 15.2. The van der Waals surface area contributed by atoms with Gasteiger partial charge in [-0.1, -0.05) is 101 Å². The maximum atomic E-state index is 14.0. The molecular weight excluding hydrogens is 1520 g/mol. The molecule has 0 amide bonds. The molecule has 0 heterocycles. The summed E-state index contributed by atoms with van der Waals surface area (Å²) in [4.78, 5) is 87.4. The van der Waals surface area contributed by atoms with Crippen LogP contribution in [0.3, 0.4) is 0 Å². The first-order valence-electron chi connectivity index (χ1n) is 39.3. The van der Waals surface area contributed by atoms with E-state index in [1.807, 2.05) is 78.0 Å². The molecule has 0 N–H and O–H groups in total. The van der Waals surface area contributed by atoms with Crippen LogP contribution >= 0.6 is 22.6 Å². The summed E-state index contributed by atoms with van der Waals surface area (Å²) in [5, 5.41) is 0. The summed E-state index contributed by atoms with van der Waals surface area (Å²) in [5.74, 6) is 19.1. The van der Waals surface area contributed by atoms with Crippen molar-refractivity contribution in [2.24, 2.45) is 23.7 Å². The fourth-order valence-electron chi connectivity index (χ4n) is 13.8. The number of rotatable bonds is 36. The molecule has 7 aromatic rings. The lowest BCUT2D eigenvalue weighted by Crippen LogP contribution is -2.40. The van der Waals surface area contributed by atoms with Gasteiger partial charge in [0.1, 0.15) is 28.7 Å². The molecular formula is C95H101IO16. The Morgan fingerprint density at radius 2 is 0.911 bits per heavy atom. The van der Waals surface area contributed by atoms with Crippen LogP contribution in [0.4, 0.5) is 0 Å². The largest absolute Gasteiger partial charge is 0.494 e. The lowest BCUT2D eigenvalue weighted by atomic mass is 9.76. The number of halogens is 1. The van der Waals surface area contributed by atoms with Crippen LogP contribution in [0.25, 0.3) is 0 Å². The number of benzene rings is 7. The summed E-state index contributed by atoms with van der Waals surface area (Å²) in [7, 11) is 0. The molecule has 0 saturated heterocycles. The van der Waals surface area contributed by atoms with Crippen LogP contribution in [0.1, 0.15) is 226 Å². The quantitative estimate of drug-likeness (QED) is 0.00682. The van der Waals surface area contributed by atoms with Crippen molar-refractivity contribution >= 4 is 64.4 Å². The minimum Gasteiger partial charge on any atom is -0.494 e. The summed E-state index contributed by atoms with van der Waals surface area (Å²) < 4.78 is 50.9. The van der Waals surface area contributed by atoms with E-state index in [0.717, 1.165) is 124 Å². The SMILES string of the molecule is C=CC(=O)OCCCCCCOC(=O)C1CCC(C(=O)Oc2ccc(C(=O)OC3(C#Cc4ccc(C#Cc5ccc(C#CC)cc5)cc4)CC4CC3CC4c3ccc(CCCC)cc3)cc2)CC1.C=CC(=O)OCCCCCCOc1ccc(C(=O)Oc2ccc(OC(=O)c3ccc(OCCCCCC)cc3)cc2I)cc1. The van der Waals surface area contributed by atoms with Crippen molar-refractivity contribution in [1.82, 2.24) is 0 Å². The van der Waals surface area contributed by atoms with Crippen LogP contribution in [-0.2, 0) is 44.5 Å². The molecule has 3 saturated carbocycles. The minimum atomic E-state index is -0.951. The van der Waals surface area contributed by atoms with Crippen LogP contribution in [-0.4, -0.2) is 80.4 Å². The fraction of sp³-hybridized carbons (Fsp3) is 0.379. The van der Waals surface area contributed by atoms with Gasteiger partial charge in [0.05, 0.1) is 65.1 Å². The van der Waals surface area contributed by atoms with Gasteiger partial charge in [-0.2, -0.15) is 0 Å². The van der Waals surface area contributed by atoms with E-state index < -0.39 is 35.4 Å². The summed E-state index contributed by atoms with van der Waals surface area (Å²) in [5.41, 5.74) is 6.47. The third-order valence-corrected chi connectivity index (χ3v) is 21.0. The maximum Gasteiger partial charge on any atom is 0.343 e. The Kier molecular flexibility index (Phi) is 34.7. The van der Waals surface area contributed by atoms with Gasteiger partial charge in [0, 0.05) is 46.7 Å². The molecule has 3 fully saturated rings. The summed E-state index contributed by atoms with van der Waals surface area (Å²) >= 11 is 2.03. The smallest absolute Gasteiger partial charge is 0.343 e. The van der Waals surface area contributed by atoms with E-state index in [1.165, 1.54) is 36.8 Å². The zero-order valence-corrected chi connectivity index (χ0v) is 66.7. The first kappa shape index (κ1) is 85.3. The molecule has 3 aliphatic carbocycles. The Balaban J connectivity index is 0.000000283. The van der Waals surface area contributed by atoms with Gasteiger partial charge in [0.2, 0.25) is 0 Å². The highest BCUT2D eigenvalue weighted by Gasteiger charge is 2.57. The molecule has 7 aromatic carbocycles. The van der Waals surface area contributed by atoms with E-state index in [9.17, 15) is 33.6 Å². The maximum absolute atomic E-state index is 14.0. The number of ether oxygens (including phenoxy) is 9. The van der Waals surface area contributed by atoms with Crippen molar-refractivity contribution < 1.29 is 76.2 Å². The van der Waals surface area contributed by atoms with Crippen molar-refractivity contribution in [2.75, 3.05) is 33.0 Å². The molecule has 2 bridgehead atoms. The lowest BCUT2D eigenvalue weighted by molar-refractivity contribution is -0.152. The zero-order chi connectivity index (χ0) is 79.3. The number of esters is 7. The second kappa shape index (κ2) is 45.6. The van der Waals surface area contributed by atoms with Gasteiger partial charge >= 0.3 is 41.8 Å². The average molecular weight is 1630 g/mol. The predicted molar refractivity (Wildman–Crippen MR) is 440 cm³/mol. The van der Waals surface area contributed by atoms with Gasteiger partial charge in [0.15, 0.2) is 5.60 Å². The number of fused-ring (bicyclic) bond motifs is 2. The number of hydrogen-bond acceptors (Lipinski definition) is 16. The van der Waals surface area contributed by atoms with E-state index in [1.54, 1.807) is 91.0 Å². The number of aryl methyl sites for hydroxylation is 1. The zero-order valence-electron chi connectivity index (χ0n) is 64.5. The molecule has 0 aromatic heterocycles. The molecule has 0 radical (unpaired) electrons. The number of unbranched alkanes of at least 4 members (excludes halogenated alkanes) is 10. The Labute approximate surface area is 673 Å². The van der Waals surface area contributed by atoms with Crippen molar-refractivity contribution in [3.63, 3.8) is 0 Å².